The van der Waals surface area contributed by atoms with E-state index in [2.05, 4.69) is 42.4 Å². The molecule has 0 saturated carbocycles. The van der Waals surface area contributed by atoms with Gasteiger partial charge in [-0.25, -0.2) is 10.4 Å². The number of allylic oxidation sites excluding steroid dienone is 2. The minimum atomic E-state index is -0.143. The van der Waals surface area contributed by atoms with Gasteiger partial charge in [0, 0.05) is 0 Å². The summed E-state index contributed by atoms with van der Waals surface area (Å²) in [5, 5.41) is 4.30. The fraction of sp³-hybridized carbons (Fsp3) is 0.389. The SMILES string of the molecule is CC1=C/C(=N/NC(=O)Cn2cnc3ccccc32)CC(C)(C)C1. The van der Waals surface area contributed by atoms with Gasteiger partial charge >= 0.3 is 0 Å². The number of fused-ring (bicyclic) bond motifs is 1. The summed E-state index contributed by atoms with van der Waals surface area (Å²) in [6, 6.07) is 7.76. The van der Waals surface area contributed by atoms with Crippen LogP contribution in [0.3, 0.4) is 0 Å². The number of para-hydroxylation sites is 2. The van der Waals surface area contributed by atoms with E-state index in [1.165, 1.54) is 5.57 Å². The molecule has 1 N–H and O–H groups in total. The van der Waals surface area contributed by atoms with Crippen molar-refractivity contribution in [2.75, 3.05) is 0 Å². The largest absolute Gasteiger partial charge is 0.321 e. The fourth-order valence-corrected chi connectivity index (χ4v) is 3.23. The average molecular weight is 310 g/mol. The van der Waals surface area contributed by atoms with Gasteiger partial charge < -0.3 is 4.57 Å². The van der Waals surface area contributed by atoms with Crippen LogP contribution < -0.4 is 5.43 Å². The van der Waals surface area contributed by atoms with Gasteiger partial charge in [0.05, 0.1) is 23.1 Å². The summed E-state index contributed by atoms with van der Waals surface area (Å²) in [6.45, 7) is 6.76. The van der Waals surface area contributed by atoms with Crippen molar-refractivity contribution >= 4 is 22.7 Å². The first-order valence-electron chi connectivity index (χ1n) is 7.85. The molecule has 0 aliphatic heterocycles. The highest BCUT2D eigenvalue weighted by molar-refractivity contribution is 5.97. The van der Waals surface area contributed by atoms with Crippen molar-refractivity contribution in [2.24, 2.45) is 10.5 Å². The van der Waals surface area contributed by atoms with Crippen LogP contribution in [0.25, 0.3) is 11.0 Å². The maximum atomic E-state index is 12.2. The second-order valence-corrected chi connectivity index (χ2v) is 7.01. The molecule has 1 aliphatic rings. The minimum Gasteiger partial charge on any atom is -0.321 e. The highest BCUT2D eigenvalue weighted by Crippen LogP contribution is 2.33. The summed E-state index contributed by atoms with van der Waals surface area (Å²) in [7, 11) is 0. The molecule has 1 aromatic heterocycles. The highest BCUT2D eigenvalue weighted by atomic mass is 16.2. The summed E-state index contributed by atoms with van der Waals surface area (Å²) < 4.78 is 1.83. The molecule has 1 aliphatic carbocycles. The minimum absolute atomic E-state index is 0.143. The topological polar surface area (TPSA) is 59.3 Å². The Hall–Kier alpha value is -2.43. The van der Waals surface area contributed by atoms with Gasteiger partial charge in [-0.2, -0.15) is 5.10 Å². The lowest BCUT2D eigenvalue weighted by Crippen LogP contribution is -2.27. The van der Waals surface area contributed by atoms with E-state index in [-0.39, 0.29) is 17.9 Å². The van der Waals surface area contributed by atoms with Gasteiger partial charge in [-0.05, 0) is 43.4 Å². The van der Waals surface area contributed by atoms with Gasteiger partial charge in [0.15, 0.2) is 0 Å². The molecule has 5 nitrogen and oxygen atoms in total. The Bertz CT molecular complexity index is 798. The number of hydrogen-bond acceptors (Lipinski definition) is 3. The third kappa shape index (κ3) is 3.67. The van der Waals surface area contributed by atoms with Crippen LogP contribution in [-0.2, 0) is 11.3 Å². The van der Waals surface area contributed by atoms with Crippen molar-refractivity contribution < 1.29 is 4.79 Å². The third-order valence-electron chi connectivity index (χ3n) is 4.00. The number of hydrogen-bond donors (Lipinski definition) is 1. The number of amides is 1. The van der Waals surface area contributed by atoms with E-state index in [1.54, 1.807) is 6.33 Å². The molecule has 1 heterocycles. The maximum Gasteiger partial charge on any atom is 0.260 e. The van der Waals surface area contributed by atoms with Gasteiger partial charge in [0.25, 0.3) is 5.91 Å². The van der Waals surface area contributed by atoms with E-state index in [0.717, 1.165) is 29.6 Å². The molecule has 0 radical (unpaired) electrons. The molecule has 1 amide bonds. The van der Waals surface area contributed by atoms with Crippen molar-refractivity contribution in [3.05, 3.63) is 42.2 Å². The second-order valence-electron chi connectivity index (χ2n) is 7.01. The van der Waals surface area contributed by atoms with Crippen LogP contribution in [0.2, 0.25) is 0 Å². The lowest BCUT2D eigenvalue weighted by atomic mass is 9.77. The summed E-state index contributed by atoms with van der Waals surface area (Å²) in [4.78, 5) is 16.4. The number of rotatable bonds is 3. The van der Waals surface area contributed by atoms with Crippen LogP contribution in [0.4, 0.5) is 0 Å². The molecule has 0 atom stereocenters. The monoisotopic (exact) mass is 310 g/mol. The predicted octanol–water partition coefficient (Wildman–Crippen LogP) is 3.27. The Kier molecular flexibility index (Phi) is 4.03. The van der Waals surface area contributed by atoms with Gasteiger partial charge in [-0.15, -0.1) is 0 Å². The quantitative estimate of drug-likeness (QED) is 0.885. The first-order valence-corrected chi connectivity index (χ1v) is 7.85. The van der Waals surface area contributed by atoms with E-state index in [1.807, 2.05) is 28.8 Å². The molecule has 0 unspecified atom stereocenters. The molecule has 23 heavy (non-hydrogen) atoms. The van der Waals surface area contributed by atoms with Crippen molar-refractivity contribution in [1.29, 1.82) is 0 Å². The van der Waals surface area contributed by atoms with Crippen molar-refractivity contribution in [3.8, 4) is 0 Å². The number of benzene rings is 1. The highest BCUT2D eigenvalue weighted by Gasteiger charge is 2.24. The standard InChI is InChI=1S/C18H22N4O/c1-13-8-14(10-18(2,3)9-13)20-21-17(23)11-22-12-19-15-6-4-5-7-16(15)22/h4-8,12H,9-11H2,1-3H3,(H,21,23)/b20-14-. The van der Waals surface area contributed by atoms with Crippen LogP contribution in [-0.4, -0.2) is 21.2 Å². The molecular weight excluding hydrogens is 288 g/mol. The molecule has 120 valence electrons. The Morgan fingerprint density at radius 3 is 2.91 bits per heavy atom. The number of carbonyl (C=O) groups excluding carboxylic acids is 1. The number of aromatic nitrogens is 2. The zero-order valence-corrected chi connectivity index (χ0v) is 13.8. The van der Waals surface area contributed by atoms with E-state index in [0.29, 0.717) is 0 Å². The number of hydrazone groups is 1. The van der Waals surface area contributed by atoms with Crippen LogP contribution >= 0.6 is 0 Å². The Morgan fingerprint density at radius 2 is 2.13 bits per heavy atom. The van der Waals surface area contributed by atoms with E-state index in [9.17, 15) is 4.79 Å². The summed E-state index contributed by atoms with van der Waals surface area (Å²) in [5.41, 5.74) is 6.94. The van der Waals surface area contributed by atoms with Crippen LogP contribution in [0.1, 0.15) is 33.6 Å². The summed E-state index contributed by atoms with van der Waals surface area (Å²) in [5.74, 6) is -0.143. The molecule has 0 spiro atoms. The first kappa shape index (κ1) is 15.5. The van der Waals surface area contributed by atoms with Crippen LogP contribution in [0.5, 0.6) is 0 Å². The number of imidazole rings is 1. The van der Waals surface area contributed by atoms with Crippen LogP contribution in [0, 0.1) is 5.41 Å². The molecule has 3 rings (SSSR count). The lowest BCUT2D eigenvalue weighted by molar-refractivity contribution is -0.121. The Labute approximate surface area is 136 Å². The van der Waals surface area contributed by atoms with Crippen molar-refractivity contribution in [2.45, 2.75) is 40.2 Å². The van der Waals surface area contributed by atoms with Crippen molar-refractivity contribution in [3.63, 3.8) is 0 Å². The first-order chi connectivity index (χ1) is 10.9. The molecule has 0 fully saturated rings. The molecule has 0 saturated heterocycles. The van der Waals surface area contributed by atoms with Crippen molar-refractivity contribution in [1.82, 2.24) is 15.0 Å². The third-order valence-corrected chi connectivity index (χ3v) is 4.00. The Morgan fingerprint density at radius 1 is 1.35 bits per heavy atom. The zero-order valence-electron chi connectivity index (χ0n) is 13.8. The van der Waals surface area contributed by atoms with Gasteiger partial charge in [-0.3, -0.25) is 4.79 Å². The molecule has 1 aromatic carbocycles. The molecular formula is C18H22N4O. The molecule has 0 bridgehead atoms. The lowest BCUT2D eigenvalue weighted by Gasteiger charge is -2.29. The predicted molar refractivity (Wildman–Crippen MR) is 92.1 cm³/mol. The Balaban J connectivity index is 1.68. The average Bonchev–Trinajstić information content (AvgIpc) is 2.86. The zero-order chi connectivity index (χ0) is 16.4. The van der Waals surface area contributed by atoms with E-state index in [4.69, 9.17) is 0 Å². The van der Waals surface area contributed by atoms with Crippen LogP contribution in [0.15, 0.2) is 47.3 Å². The van der Waals surface area contributed by atoms with E-state index < -0.39 is 0 Å². The normalized spacial score (nSPS) is 18.9. The fourth-order valence-electron chi connectivity index (χ4n) is 3.23. The van der Waals surface area contributed by atoms with Gasteiger partial charge in [0.1, 0.15) is 6.54 Å². The van der Waals surface area contributed by atoms with E-state index >= 15 is 0 Å². The number of nitrogens with one attached hydrogen (secondary N) is 1. The van der Waals surface area contributed by atoms with Gasteiger partial charge in [-0.1, -0.05) is 31.6 Å². The smallest absolute Gasteiger partial charge is 0.260 e. The molecule has 5 heteroatoms. The summed E-state index contributed by atoms with van der Waals surface area (Å²) >= 11 is 0. The second kappa shape index (κ2) is 5.99. The summed E-state index contributed by atoms with van der Waals surface area (Å²) in [6.07, 6.45) is 5.70. The molecule has 2 aromatic rings. The number of carbonyl (C=O) groups is 1. The van der Waals surface area contributed by atoms with Gasteiger partial charge in [0.2, 0.25) is 0 Å². The number of nitrogens with zero attached hydrogens (tertiary/aromatic N) is 3. The maximum absolute atomic E-state index is 12.2.